The number of hydrogen-bond acceptors (Lipinski definition) is 2. The maximum Gasteiger partial charge on any atom is 0.389 e. The quantitative estimate of drug-likeness (QED) is 0.767. The SMILES string of the molecule is CC(CCCC(F)(F)F)NCC1(N(C)C)CCCC1. The van der Waals surface area contributed by atoms with Gasteiger partial charge in [-0.25, -0.2) is 0 Å². The van der Waals surface area contributed by atoms with Gasteiger partial charge < -0.3 is 10.2 Å². The van der Waals surface area contributed by atoms with Gasteiger partial charge in [0.1, 0.15) is 0 Å². The first-order valence-electron chi connectivity index (χ1n) is 7.23. The highest BCUT2D eigenvalue weighted by atomic mass is 19.4. The van der Waals surface area contributed by atoms with E-state index in [0.717, 1.165) is 6.54 Å². The fourth-order valence-electron chi connectivity index (χ4n) is 2.89. The van der Waals surface area contributed by atoms with E-state index in [1.54, 1.807) is 0 Å². The van der Waals surface area contributed by atoms with E-state index < -0.39 is 12.6 Å². The highest BCUT2D eigenvalue weighted by molar-refractivity contribution is 4.94. The van der Waals surface area contributed by atoms with Crippen LogP contribution in [0.25, 0.3) is 0 Å². The van der Waals surface area contributed by atoms with Gasteiger partial charge in [-0.05, 0) is 46.7 Å². The zero-order valence-corrected chi connectivity index (χ0v) is 12.3. The minimum Gasteiger partial charge on any atom is -0.312 e. The minimum absolute atomic E-state index is 0.153. The fourth-order valence-corrected chi connectivity index (χ4v) is 2.89. The molecule has 1 saturated carbocycles. The lowest BCUT2D eigenvalue weighted by Crippen LogP contribution is -2.51. The number of likely N-dealkylation sites (N-methyl/N-ethyl adjacent to an activating group) is 1. The van der Waals surface area contributed by atoms with Crippen LogP contribution >= 0.6 is 0 Å². The minimum atomic E-state index is -4.02. The highest BCUT2D eigenvalue weighted by Crippen LogP contribution is 2.33. The van der Waals surface area contributed by atoms with Crippen molar-refractivity contribution in [2.24, 2.45) is 0 Å². The van der Waals surface area contributed by atoms with Crippen LogP contribution in [0.3, 0.4) is 0 Å². The Morgan fingerprint density at radius 3 is 2.26 bits per heavy atom. The number of halogens is 3. The monoisotopic (exact) mass is 280 g/mol. The third kappa shape index (κ3) is 5.69. The van der Waals surface area contributed by atoms with Crippen LogP contribution in [0.1, 0.15) is 51.9 Å². The molecule has 0 radical (unpaired) electrons. The summed E-state index contributed by atoms with van der Waals surface area (Å²) in [4.78, 5) is 2.27. The lowest BCUT2D eigenvalue weighted by Gasteiger charge is -2.37. The van der Waals surface area contributed by atoms with Gasteiger partial charge in [-0.1, -0.05) is 12.8 Å². The molecule has 0 aromatic carbocycles. The van der Waals surface area contributed by atoms with E-state index in [1.807, 2.05) is 6.92 Å². The van der Waals surface area contributed by atoms with Crippen LogP contribution in [-0.4, -0.2) is 43.3 Å². The van der Waals surface area contributed by atoms with Gasteiger partial charge in [0.25, 0.3) is 0 Å². The molecule has 1 aliphatic rings. The molecule has 1 fully saturated rings. The predicted octanol–water partition coefficient (Wildman–Crippen LogP) is 3.57. The number of rotatable bonds is 7. The lowest BCUT2D eigenvalue weighted by molar-refractivity contribution is -0.135. The van der Waals surface area contributed by atoms with E-state index in [1.165, 1.54) is 25.7 Å². The molecular formula is C14H27F3N2. The first-order chi connectivity index (χ1) is 8.75. The molecule has 1 atom stereocenters. The Morgan fingerprint density at radius 2 is 1.79 bits per heavy atom. The Hall–Kier alpha value is -0.290. The smallest absolute Gasteiger partial charge is 0.312 e. The number of nitrogens with one attached hydrogen (secondary N) is 1. The van der Waals surface area contributed by atoms with Crippen molar-refractivity contribution in [3.63, 3.8) is 0 Å². The van der Waals surface area contributed by atoms with Crippen molar-refractivity contribution in [3.8, 4) is 0 Å². The summed E-state index contributed by atoms with van der Waals surface area (Å²) in [5, 5.41) is 3.42. The summed E-state index contributed by atoms with van der Waals surface area (Å²) < 4.78 is 36.2. The Labute approximate surface area is 114 Å². The van der Waals surface area contributed by atoms with Crippen LogP contribution in [0.4, 0.5) is 13.2 Å². The molecule has 1 rings (SSSR count). The summed E-state index contributed by atoms with van der Waals surface area (Å²) in [6, 6.07) is 0.153. The molecule has 2 nitrogen and oxygen atoms in total. The Morgan fingerprint density at radius 1 is 1.21 bits per heavy atom. The molecule has 0 saturated heterocycles. The Bertz CT molecular complexity index is 258. The second kappa shape index (κ2) is 6.93. The highest BCUT2D eigenvalue weighted by Gasteiger charge is 2.35. The molecule has 1 N–H and O–H groups in total. The molecule has 114 valence electrons. The van der Waals surface area contributed by atoms with Crippen molar-refractivity contribution < 1.29 is 13.2 Å². The van der Waals surface area contributed by atoms with Crippen LogP contribution in [0.2, 0.25) is 0 Å². The lowest BCUT2D eigenvalue weighted by atomic mass is 9.95. The first kappa shape index (κ1) is 16.8. The molecule has 1 unspecified atom stereocenters. The van der Waals surface area contributed by atoms with Gasteiger partial charge in [0, 0.05) is 24.5 Å². The second-order valence-electron chi connectivity index (χ2n) is 6.12. The standard InChI is InChI=1S/C14H27F3N2/c1-12(7-6-10-14(15,16)17)18-11-13(19(2)3)8-4-5-9-13/h12,18H,4-11H2,1-3H3. The van der Waals surface area contributed by atoms with Crippen molar-refractivity contribution in [2.75, 3.05) is 20.6 Å². The van der Waals surface area contributed by atoms with Gasteiger partial charge in [0.15, 0.2) is 0 Å². The molecule has 0 aromatic heterocycles. The Kier molecular flexibility index (Phi) is 6.12. The average Bonchev–Trinajstić information content (AvgIpc) is 2.74. The van der Waals surface area contributed by atoms with Crippen LogP contribution in [0.5, 0.6) is 0 Å². The maximum absolute atomic E-state index is 12.1. The average molecular weight is 280 g/mol. The third-order valence-corrected chi connectivity index (χ3v) is 4.36. The molecular weight excluding hydrogens is 253 g/mol. The third-order valence-electron chi connectivity index (χ3n) is 4.36. The van der Waals surface area contributed by atoms with Gasteiger partial charge in [-0.3, -0.25) is 0 Å². The van der Waals surface area contributed by atoms with Gasteiger partial charge >= 0.3 is 6.18 Å². The van der Waals surface area contributed by atoms with Crippen LogP contribution in [0.15, 0.2) is 0 Å². The summed E-state index contributed by atoms with van der Waals surface area (Å²) in [6.45, 7) is 2.86. The van der Waals surface area contributed by atoms with E-state index in [2.05, 4.69) is 24.3 Å². The van der Waals surface area contributed by atoms with Crippen molar-refractivity contribution in [2.45, 2.75) is 69.6 Å². The molecule has 0 spiro atoms. The summed E-state index contributed by atoms with van der Waals surface area (Å²) in [5.41, 5.74) is 0.207. The molecule has 0 amide bonds. The van der Waals surface area contributed by atoms with Crippen molar-refractivity contribution >= 4 is 0 Å². The predicted molar refractivity (Wildman–Crippen MR) is 72.3 cm³/mol. The van der Waals surface area contributed by atoms with Gasteiger partial charge in [0.05, 0.1) is 0 Å². The zero-order valence-electron chi connectivity index (χ0n) is 12.3. The summed E-state index contributed by atoms with van der Waals surface area (Å²) in [7, 11) is 4.20. The van der Waals surface area contributed by atoms with E-state index in [-0.39, 0.29) is 18.0 Å². The molecule has 0 heterocycles. The largest absolute Gasteiger partial charge is 0.389 e. The molecule has 0 aromatic rings. The van der Waals surface area contributed by atoms with Gasteiger partial charge in [-0.15, -0.1) is 0 Å². The fraction of sp³-hybridized carbons (Fsp3) is 1.00. The van der Waals surface area contributed by atoms with E-state index in [0.29, 0.717) is 6.42 Å². The van der Waals surface area contributed by atoms with Crippen molar-refractivity contribution in [3.05, 3.63) is 0 Å². The number of hydrogen-bond donors (Lipinski definition) is 1. The van der Waals surface area contributed by atoms with E-state index in [4.69, 9.17) is 0 Å². The maximum atomic E-state index is 12.1. The van der Waals surface area contributed by atoms with Crippen molar-refractivity contribution in [1.82, 2.24) is 10.2 Å². The molecule has 0 aliphatic heterocycles. The zero-order chi connectivity index (χ0) is 14.5. The van der Waals surface area contributed by atoms with E-state index in [9.17, 15) is 13.2 Å². The summed E-state index contributed by atoms with van der Waals surface area (Å²) >= 11 is 0. The van der Waals surface area contributed by atoms with Crippen LogP contribution in [-0.2, 0) is 0 Å². The van der Waals surface area contributed by atoms with Crippen molar-refractivity contribution in [1.29, 1.82) is 0 Å². The second-order valence-corrected chi connectivity index (χ2v) is 6.12. The van der Waals surface area contributed by atoms with Crippen LogP contribution < -0.4 is 5.32 Å². The van der Waals surface area contributed by atoms with Gasteiger partial charge in [0.2, 0.25) is 0 Å². The van der Waals surface area contributed by atoms with E-state index >= 15 is 0 Å². The molecule has 0 bridgehead atoms. The number of alkyl halides is 3. The topological polar surface area (TPSA) is 15.3 Å². The molecule has 1 aliphatic carbocycles. The number of nitrogens with zero attached hydrogens (tertiary/aromatic N) is 1. The molecule has 19 heavy (non-hydrogen) atoms. The van der Waals surface area contributed by atoms with Crippen LogP contribution in [0, 0.1) is 0 Å². The summed E-state index contributed by atoms with van der Waals surface area (Å²) in [5.74, 6) is 0. The first-order valence-corrected chi connectivity index (χ1v) is 7.23. The normalized spacial score (nSPS) is 21.0. The summed E-state index contributed by atoms with van der Waals surface area (Å²) in [6.07, 6.45) is 0.985. The van der Waals surface area contributed by atoms with Gasteiger partial charge in [-0.2, -0.15) is 13.2 Å². The molecule has 5 heteroatoms. The Balaban J connectivity index is 2.27.